The number of carbonyl (C=O) groups is 2. The minimum atomic E-state index is -1.10. The molecular weight excluding hydrogens is 507 g/mol. The zero-order valence-corrected chi connectivity index (χ0v) is 22.4. The van der Waals surface area contributed by atoms with Gasteiger partial charge in [0.15, 0.2) is 0 Å². The molecule has 0 aliphatic carbocycles. The van der Waals surface area contributed by atoms with Crippen molar-refractivity contribution in [1.29, 1.82) is 0 Å². The number of rotatable bonds is 9. The second kappa shape index (κ2) is 11.5. The lowest BCUT2D eigenvalue weighted by atomic mass is 10.0. The molecule has 1 N–H and O–H groups in total. The molecule has 0 radical (unpaired) electrons. The van der Waals surface area contributed by atoms with E-state index in [-0.39, 0.29) is 6.54 Å². The standard InChI is InChI=1S/C27H29FN6O3S/c1-5-37-21-14-12-20(13-15-21)34(23(35)17-33-31-25(30-32-33)22-7-6-16-38-22)24(26(36)29-27(2,3)4)18-8-10-19(28)11-9-18/h6-16,24H,5,17H2,1-4H3,(H,29,36)/t24-/m1/s1. The maximum Gasteiger partial charge on any atom is 0.251 e. The number of thiophene rings is 1. The number of halogens is 1. The van der Waals surface area contributed by atoms with E-state index in [2.05, 4.69) is 20.7 Å². The summed E-state index contributed by atoms with van der Waals surface area (Å²) in [7, 11) is 0. The molecule has 11 heteroatoms. The molecule has 0 saturated heterocycles. The summed E-state index contributed by atoms with van der Waals surface area (Å²) in [5.74, 6) is -0.295. The van der Waals surface area contributed by atoms with Crippen LogP contribution in [-0.2, 0) is 16.1 Å². The van der Waals surface area contributed by atoms with E-state index < -0.39 is 29.2 Å². The Morgan fingerprint density at radius 3 is 2.42 bits per heavy atom. The SMILES string of the molecule is CCOc1ccc(N(C(=O)Cn2nnc(-c3cccs3)n2)[C@@H](C(=O)NC(C)(C)C)c2ccc(F)cc2)cc1. The highest BCUT2D eigenvalue weighted by molar-refractivity contribution is 7.13. The molecule has 0 spiro atoms. The van der Waals surface area contributed by atoms with Crippen LogP contribution in [0.25, 0.3) is 10.7 Å². The van der Waals surface area contributed by atoms with E-state index in [1.165, 1.54) is 45.3 Å². The Kier molecular flexibility index (Phi) is 8.16. The van der Waals surface area contributed by atoms with Crippen LogP contribution in [0.4, 0.5) is 10.1 Å². The number of anilines is 1. The first-order valence-corrected chi connectivity index (χ1v) is 13.0. The van der Waals surface area contributed by atoms with Crippen LogP contribution in [0.1, 0.15) is 39.3 Å². The third kappa shape index (κ3) is 6.60. The minimum absolute atomic E-state index is 0.272. The van der Waals surface area contributed by atoms with Crippen LogP contribution in [0.2, 0.25) is 0 Å². The monoisotopic (exact) mass is 536 g/mol. The van der Waals surface area contributed by atoms with Crippen molar-refractivity contribution in [2.75, 3.05) is 11.5 Å². The van der Waals surface area contributed by atoms with Crippen molar-refractivity contribution in [2.24, 2.45) is 0 Å². The third-order valence-corrected chi connectivity index (χ3v) is 6.22. The van der Waals surface area contributed by atoms with Gasteiger partial charge in [-0.1, -0.05) is 18.2 Å². The zero-order chi connectivity index (χ0) is 27.3. The first kappa shape index (κ1) is 26.9. The Morgan fingerprint density at radius 1 is 1.11 bits per heavy atom. The second-order valence-corrected chi connectivity index (χ2v) is 10.5. The number of carbonyl (C=O) groups excluding carboxylic acids is 2. The number of aromatic nitrogens is 4. The number of amides is 2. The Morgan fingerprint density at radius 2 is 1.82 bits per heavy atom. The number of nitrogens with one attached hydrogen (secondary N) is 1. The quantitative estimate of drug-likeness (QED) is 0.335. The van der Waals surface area contributed by atoms with Gasteiger partial charge in [-0.25, -0.2) is 4.39 Å². The molecule has 0 unspecified atom stereocenters. The van der Waals surface area contributed by atoms with E-state index in [0.29, 0.717) is 29.4 Å². The van der Waals surface area contributed by atoms with Crippen molar-refractivity contribution in [3.05, 3.63) is 77.4 Å². The van der Waals surface area contributed by atoms with Gasteiger partial charge in [0.25, 0.3) is 5.91 Å². The highest BCUT2D eigenvalue weighted by Gasteiger charge is 2.35. The molecule has 2 aromatic carbocycles. The molecule has 1 atom stereocenters. The lowest BCUT2D eigenvalue weighted by Gasteiger charge is -2.33. The molecule has 0 saturated carbocycles. The number of ether oxygens (including phenoxy) is 1. The minimum Gasteiger partial charge on any atom is -0.494 e. The number of hydrogen-bond acceptors (Lipinski definition) is 7. The summed E-state index contributed by atoms with van der Waals surface area (Å²) < 4.78 is 19.4. The Labute approximate surface area is 224 Å². The summed E-state index contributed by atoms with van der Waals surface area (Å²) in [5.41, 5.74) is 0.322. The molecule has 38 heavy (non-hydrogen) atoms. The normalized spacial score (nSPS) is 12.1. The average molecular weight is 537 g/mol. The van der Waals surface area contributed by atoms with Crippen LogP contribution in [-0.4, -0.2) is 44.2 Å². The molecule has 2 aromatic heterocycles. The van der Waals surface area contributed by atoms with E-state index in [0.717, 1.165) is 4.88 Å². The molecule has 9 nitrogen and oxygen atoms in total. The van der Waals surface area contributed by atoms with E-state index >= 15 is 0 Å². The van der Waals surface area contributed by atoms with Gasteiger partial charge in [-0.3, -0.25) is 14.5 Å². The number of benzene rings is 2. The number of hydrogen-bond donors (Lipinski definition) is 1. The van der Waals surface area contributed by atoms with Gasteiger partial charge in [0.05, 0.1) is 11.5 Å². The van der Waals surface area contributed by atoms with Crippen molar-refractivity contribution in [3.8, 4) is 16.5 Å². The van der Waals surface area contributed by atoms with Crippen LogP contribution in [0, 0.1) is 5.82 Å². The molecule has 2 heterocycles. The van der Waals surface area contributed by atoms with Gasteiger partial charge in [-0.05, 0) is 86.3 Å². The summed E-state index contributed by atoms with van der Waals surface area (Å²) in [4.78, 5) is 30.9. The van der Waals surface area contributed by atoms with Gasteiger partial charge in [0.1, 0.15) is 24.2 Å². The topological polar surface area (TPSA) is 102 Å². The molecule has 198 valence electrons. The van der Waals surface area contributed by atoms with Crippen molar-refractivity contribution in [3.63, 3.8) is 0 Å². The molecule has 0 aliphatic heterocycles. The predicted molar refractivity (Wildman–Crippen MR) is 143 cm³/mol. The number of nitrogens with zero attached hydrogens (tertiary/aromatic N) is 5. The van der Waals surface area contributed by atoms with Gasteiger partial charge in [-0.15, -0.1) is 21.5 Å². The Balaban J connectivity index is 1.75. The molecule has 4 rings (SSSR count). The van der Waals surface area contributed by atoms with Gasteiger partial charge >= 0.3 is 0 Å². The molecule has 0 aliphatic rings. The molecule has 0 fully saturated rings. The van der Waals surface area contributed by atoms with Gasteiger partial charge in [0, 0.05) is 11.2 Å². The van der Waals surface area contributed by atoms with Crippen molar-refractivity contribution < 1.29 is 18.7 Å². The van der Waals surface area contributed by atoms with Crippen molar-refractivity contribution in [2.45, 2.75) is 45.8 Å². The Hall–Kier alpha value is -4.12. The molecule has 2 amide bonds. The van der Waals surface area contributed by atoms with Gasteiger partial charge in [0.2, 0.25) is 11.7 Å². The van der Waals surface area contributed by atoms with Crippen molar-refractivity contribution >= 4 is 28.8 Å². The first-order valence-electron chi connectivity index (χ1n) is 12.1. The first-order chi connectivity index (χ1) is 18.1. The second-order valence-electron chi connectivity index (χ2n) is 9.50. The molecule has 4 aromatic rings. The maximum absolute atomic E-state index is 13.9. The Bertz CT molecular complexity index is 1370. The van der Waals surface area contributed by atoms with Crippen LogP contribution >= 0.6 is 11.3 Å². The van der Waals surface area contributed by atoms with E-state index in [4.69, 9.17) is 4.74 Å². The van der Waals surface area contributed by atoms with Crippen LogP contribution in [0.15, 0.2) is 66.0 Å². The summed E-state index contributed by atoms with van der Waals surface area (Å²) in [6.45, 7) is 7.63. The molecular formula is C27H29FN6O3S. The third-order valence-electron chi connectivity index (χ3n) is 5.36. The van der Waals surface area contributed by atoms with Crippen LogP contribution in [0.5, 0.6) is 5.75 Å². The summed E-state index contributed by atoms with van der Waals surface area (Å²) >= 11 is 1.46. The van der Waals surface area contributed by atoms with Crippen molar-refractivity contribution in [1.82, 2.24) is 25.5 Å². The van der Waals surface area contributed by atoms with Gasteiger partial charge in [-0.2, -0.15) is 4.80 Å². The lowest BCUT2D eigenvalue weighted by molar-refractivity contribution is -0.128. The van der Waals surface area contributed by atoms with E-state index in [1.807, 2.05) is 45.2 Å². The van der Waals surface area contributed by atoms with Gasteiger partial charge < -0.3 is 10.1 Å². The van der Waals surface area contributed by atoms with Crippen LogP contribution < -0.4 is 15.0 Å². The fraction of sp³-hybridized carbons (Fsp3) is 0.296. The largest absolute Gasteiger partial charge is 0.494 e. The van der Waals surface area contributed by atoms with E-state index in [1.54, 1.807) is 24.3 Å². The fourth-order valence-electron chi connectivity index (χ4n) is 3.82. The summed E-state index contributed by atoms with van der Waals surface area (Å²) in [5, 5.41) is 17.3. The maximum atomic E-state index is 13.9. The highest BCUT2D eigenvalue weighted by atomic mass is 32.1. The average Bonchev–Trinajstić information content (AvgIpc) is 3.55. The fourth-order valence-corrected chi connectivity index (χ4v) is 4.47. The van der Waals surface area contributed by atoms with E-state index in [9.17, 15) is 14.0 Å². The molecule has 0 bridgehead atoms. The lowest BCUT2D eigenvalue weighted by Crippen LogP contribution is -2.50. The highest BCUT2D eigenvalue weighted by Crippen LogP contribution is 2.31. The zero-order valence-electron chi connectivity index (χ0n) is 21.6. The number of tetrazole rings is 1. The summed E-state index contributed by atoms with van der Waals surface area (Å²) in [6, 6.07) is 15.0. The smallest absolute Gasteiger partial charge is 0.251 e. The summed E-state index contributed by atoms with van der Waals surface area (Å²) in [6.07, 6.45) is 0. The van der Waals surface area contributed by atoms with Crippen LogP contribution in [0.3, 0.4) is 0 Å². The predicted octanol–water partition coefficient (Wildman–Crippen LogP) is 4.63.